The lowest BCUT2D eigenvalue weighted by atomic mass is 10.2. The van der Waals surface area contributed by atoms with Crippen molar-refractivity contribution in [1.29, 1.82) is 0 Å². The lowest BCUT2D eigenvalue weighted by molar-refractivity contribution is 0.0977. The molecule has 0 atom stereocenters. The minimum atomic E-state index is 0.140. The molecular formula is C13H26N2O. The lowest BCUT2D eigenvalue weighted by Crippen LogP contribution is -1.97. The molecule has 1 aromatic rings. The third kappa shape index (κ3) is 5.69. The van der Waals surface area contributed by atoms with E-state index in [2.05, 4.69) is 4.98 Å². The largest absolute Gasteiger partial charge is 0.337 e. The molecule has 0 aliphatic heterocycles. The fraction of sp³-hybridized carbons (Fsp3) is 0.692. The van der Waals surface area contributed by atoms with Gasteiger partial charge in [0, 0.05) is 19.7 Å². The van der Waals surface area contributed by atoms with Gasteiger partial charge in [0.25, 0.3) is 0 Å². The zero-order chi connectivity index (χ0) is 13.1. The molecule has 0 aliphatic carbocycles. The van der Waals surface area contributed by atoms with Crippen LogP contribution in [0, 0.1) is 6.92 Å². The molecule has 0 unspecified atom stereocenters. The van der Waals surface area contributed by atoms with Gasteiger partial charge in [-0.05, 0) is 13.3 Å². The molecule has 94 valence electrons. The molecule has 0 spiro atoms. The highest BCUT2D eigenvalue weighted by molar-refractivity contribution is 5.94. The molecule has 0 amide bonds. The summed E-state index contributed by atoms with van der Waals surface area (Å²) >= 11 is 0. The fourth-order valence-corrected chi connectivity index (χ4v) is 1.05. The Hall–Kier alpha value is -1.12. The van der Waals surface area contributed by atoms with Crippen LogP contribution in [-0.4, -0.2) is 15.3 Å². The van der Waals surface area contributed by atoms with Crippen molar-refractivity contribution in [3.05, 3.63) is 17.7 Å². The quantitative estimate of drug-likeness (QED) is 0.735. The molecule has 0 radical (unpaired) electrons. The topological polar surface area (TPSA) is 34.9 Å². The summed E-state index contributed by atoms with van der Waals surface area (Å²) in [6.07, 6.45) is 3.26. The van der Waals surface area contributed by atoms with Gasteiger partial charge in [-0.15, -0.1) is 0 Å². The van der Waals surface area contributed by atoms with Crippen LogP contribution in [0.5, 0.6) is 0 Å². The van der Waals surface area contributed by atoms with E-state index in [4.69, 9.17) is 0 Å². The van der Waals surface area contributed by atoms with Crippen LogP contribution in [0.1, 0.15) is 63.8 Å². The van der Waals surface area contributed by atoms with E-state index in [1.165, 1.54) is 0 Å². The SMILES string of the molecule is CC.CC.CCCC(=O)c1cn(C)c(C)n1. The second-order valence-electron chi connectivity index (χ2n) is 2.96. The number of aromatic nitrogens is 2. The van der Waals surface area contributed by atoms with Crippen molar-refractivity contribution < 1.29 is 4.79 Å². The summed E-state index contributed by atoms with van der Waals surface area (Å²) in [5, 5.41) is 0. The number of hydrogen-bond donors (Lipinski definition) is 0. The van der Waals surface area contributed by atoms with Gasteiger partial charge < -0.3 is 4.57 Å². The summed E-state index contributed by atoms with van der Waals surface area (Å²) in [6, 6.07) is 0. The maximum Gasteiger partial charge on any atom is 0.182 e. The first-order chi connectivity index (χ1) is 7.65. The van der Waals surface area contributed by atoms with Crippen LogP contribution < -0.4 is 0 Å². The van der Waals surface area contributed by atoms with Gasteiger partial charge in [0.15, 0.2) is 5.78 Å². The van der Waals surface area contributed by atoms with Gasteiger partial charge in [0.05, 0.1) is 0 Å². The predicted molar refractivity (Wildman–Crippen MR) is 69.9 cm³/mol. The molecule has 3 nitrogen and oxygen atoms in total. The zero-order valence-corrected chi connectivity index (χ0v) is 11.8. The summed E-state index contributed by atoms with van der Waals surface area (Å²) in [4.78, 5) is 15.5. The van der Waals surface area contributed by atoms with Crippen molar-refractivity contribution in [1.82, 2.24) is 9.55 Å². The summed E-state index contributed by atoms with van der Waals surface area (Å²) in [5.41, 5.74) is 0.594. The first-order valence-corrected chi connectivity index (χ1v) is 6.18. The molecule has 0 saturated carbocycles. The van der Waals surface area contributed by atoms with Crippen LogP contribution in [0.25, 0.3) is 0 Å². The molecule has 1 aromatic heterocycles. The van der Waals surface area contributed by atoms with Crippen LogP contribution in [0.4, 0.5) is 0 Å². The van der Waals surface area contributed by atoms with E-state index < -0.39 is 0 Å². The molecular weight excluding hydrogens is 200 g/mol. The molecule has 1 rings (SSSR count). The second kappa shape index (κ2) is 10.4. The van der Waals surface area contributed by atoms with Gasteiger partial charge in [0.2, 0.25) is 0 Å². The first kappa shape index (κ1) is 17.3. The monoisotopic (exact) mass is 226 g/mol. The zero-order valence-electron chi connectivity index (χ0n) is 11.8. The van der Waals surface area contributed by atoms with Crippen LogP contribution in [-0.2, 0) is 7.05 Å². The number of rotatable bonds is 3. The number of carbonyl (C=O) groups excluding carboxylic acids is 1. The molecule has 0 aliphatic rings. The predicted octanol–water partition coefficient (Wildman–Crippen LogP) is 3.76. The van der Waals surface area contributed by atoms with Gasteiger partial charge in [-0.25, -0.2) is 4.98 Å². The summed E-state index contributed by atoms with van der Waals surface area (Å²) in [5.74, 6) is 1.02. The minimum absolute atomic E-state index is 0.140. The van der Waals surface area contributed by atoms with E-state index in [9.17, 15) is 4.79 Å². The number of Topliss-reactive ketones (excluding diaryl/α,β-unsaturated/α-hetero) is 1. The minimum Gasteiger partial charge on any atom is -0.337 e. The Bertz CT molecular complexity index is 271. The number of aryl methyl sites for hydroxylation is 2. The summed E-state index contributed by atoms with van der Waals surface area (Å²) < 4.78 is 1.86. The molecule has 0 N–H and O–H groups in total. The number of carbonyl (C=O) groups is 1. The molecule has 0 fully saturated rings. The van der Waals surface area contributed by atoms with E-state index in [-0.39, 0.29) is 5.78 Å². The third-order valence-electron chi connectivity index (χ3n) is 1.87. The Balaban J connectivity index is 0. The molecule has 1 heterocycles. The van der Waals surface area contributed by atoms with Crippen LogP contribution in [0.15, 0.2) is 6.20 Å². The smallest absolute Gasteiger partial charge is 0.182 e. The van der Waals surface area contributed by atoms with Gasteiger partial charge in [0.1, 0.15) is 11.5 Å². The lowest BCUT2D eigenvalue weighted by Gasteiger charge is -1.90. The average molecular weight is 226 g/mol. The fourth-order valence-electron chi connectivity index (χ4n) is 1.05. The number of imidazole rings is 1. The van der Waals surface area contributed by atoms with Crippen molar-refractivity contribution in [2.24, 2.45) is 7.05 Å². The Labute approximate surface area is 99.9 Å². The van der Waals surface area contributed by atoms with E-state index in [1.54, 1.807) is 6.20 Å². The molecule has 3 heteroatoms. The number of ketones is 1. The van der Waals surface area contributed by atoms with Crippen molar-refractivity contribution in [2.45, 2.75) is 54.4 Å². The van der Waals surface area contributed by atoms with Crippen molar-refractivity contribution in [2.75, 3.05) is 0 Å². The maximum atomic E-state index is 11.3. The highest BCUT2D eigenvalue weighted by atomic mass is 16.1. The normalized spacial score (nSPS) is 8.44. The van der Waals surface area contributed by atoms with E-state index >= 15 is 0 Å². The summed E-state index contributed by atoms with van der Waals surface area (Å²) in [6.45, 7) is 11.9. The highest BCUT2D eigenvalue weighted by Gasteiger charge is 2.08. The highest BCUT2D eigenvalue weighted by Crippen LogP contribution is 2.04. The molecule has 0 saturated heterocycles. The van der Waals surface area contributed by atoms with Crippen LogP contribution >= 0.6 is 0 Å². The molecule has 16 heavy (non-hydrogen) atoms. The van der Waals surface area contributed by atoms with Crippen molar-refractivity contribution in [3.8, 4) is 0 Å². The van der Waals surface area contributed by atoms with Gasteiger partial charge >= 0.3 is 0 Å². The molecule has 0 aromatic carbocycles. The van der Waals surface area contributed by atoms with Gasteiger partial charge in [-0.1, -0.05) is 34.6 Å². The summed E-state index contributed by atoms with van der Waals surface area (Å²) in [7, 11) is 1.89. The van der Waals surface area contributed by atoms with Crippen LogP contribution in [0.2, 0.25) is 0 Å². The van der Waals surface area contributed by atoms with E-state index in [1.807, 2.05) is 53.2 Å². The second-order valence-corrected chi connectivity index (χ2v) is 2.96. The Morgan fingerprint density at radius 1 is 1.31 bits per heavy atom. The average Bonchev–Trinajstić information content (AvgIpc) is 2.65. The Kier molecular flexibility index (Phi) is 11.2. The van der Waals surface area contributed by atoms with Gasteiger partial charge in [-0.3, -0.25) is 4.79 Å². The maximum absolute atomic E-state index is 11.3. The third-order valence-corrected chi connectivity index (χ3v) is 1.87. The number of hydrogen-bond acceptors (Lipinski definition) is 2. The van der Waals surface area contributed by atoms with Gasteiger partial charge in [-0.2, -0.15) is 0 Å². The van der Waals surface area contributed by atoms with E-state index in [0.29, 0.717) is 12.1 Å². The number of nitrogens with zero attached hydrogens (tertiary/aromatic N) is 2. The molecule has 0 bridgehead atoms. The van der Waals surface area contributed by atoms with E-state index in [0.717, 1.165) is 12.2 Å². The Morgan fingerprint density at radius 2 is 1.81 bits per heavy atom. The van der Waals surface area contributed by atoms with Crippen molar-refractivity contribution >= 4 is 5.78 Å². The Morgan fingerprint density at radius 3 is 2.12 bits per heavy atom. The first-order valence-electron chi connectivity index (χ1n) is 6.18. The van der Waals surface area contributed by atoms with Crippen molar-refractivity contribution in [3.63, 3.8) is 0 Å². The van der Waals surface area contributed by atoms with Crippen LogP contribution in [0.3, 0.4) is 0 Å². The standard InChI is InChI=1S/C9H14N2O.2C2H6/c1-4-5-9(12)8-6-11(3)7(2)10-8;2*1-2/h6H,4-5H2,1-3H3;2*1-2H3.